The topological polar surface area (TPSA) is 81.4 Å². The van der Waals surface area contributed by atoms with Gasteiger partial charge in [0.15, 0.2) is 5.58 Å². The highest BCUT2D eigenvalue weighted by Gasteiger charge is 2.15. The first-order chi connectivity index (χ1) is 12.1. The minimum atomic E-state index is -0.557. The Hall–Kier alpha value is -2.51. The van der Waals surface area contributed by atoms with Crippen LogP contribution in [-0.2, 0) is 9.53 Å². The molecule has 0 aliphatic rings. The zero-order valence-corrected chi connectivity index (χ0v) is 14.7. The third-order valence-electron chi connectivity index (χ3n) is 3.26. The van der Waals surface area contributed by atoms with Gasteiger partial charge in [-0.05, 0) is 30.3 Å². The van der Waals surface area contributed by atoms with Crippen molar-refractivity contribution in [3.05, 3.63) is 53.1 Å². The van der Waals surface area contributed by atoms with E-state index in [1.165, 1.54) is 19.2 Å². The maximum atomic E-state index is 12.2. The zero-order chi connectivity index (χ0) is 17.8. The number of fused-ring (bicyclic) bond motifs is 1. The Morgan fingerprint density at radius 1 is 1.28 bits per heavy atom. The largest absolute Gasteiger partial charge is 0.465 e. The number of thioether (sulfide) groups is 1. The van der Waals surface area contributed by atoms with Gasteiger partial charge in [-0.15, -0.1) is 0 Å². The average Bonchev–Trinajstić information content (AvgIpc) is 3.02. The Kier molecular flexibility index (Phi) is 5.25. The summed E-state index contributed by atoms with van der Waals surface area (Å²) in [6.45, 7) is 0. The van der Waals surface area contributed by atoms with Crippen LogP contribution in [0.2, 0.25) is 5.02 Å². The van der Waals surface area contributed by atoms with E-state index in [2.05, 4.69) is 10.3 Å². The molecule has 0 atom stereocenters. The SMILES string of the molecule is COC(=O)c1ccc(Cl)cc1NC(=O)CSc1nc2ccccc2o1. The summed E-state index contributed by atoms with van der Waals surface area (Å²) in [6, 6.07) is 11.9. The van der Waals surface area contributed by atoms with E-state index in [9.17, 15) is 9.59 Å². The molecule has 128 valence electrons. The number of carbonyl (C=O) groups is 2. The van der Waals surface area contributed by atoms with Crippen LogP contribution in [0.5, 0.6) is 0 Å². The molecule has 0 saturated heterocycles. The number of esters is 1. The summed E-state index contributed by atoms with van der Waals surface area (Å²) in [6.07, 6.45) is 0. The summed E-state index contributed by atoms with van der Waals surface area (Å²) < 4.78 is 10.2. The first kappa shape index (κ1) is 17.3. The van der Waals surface area contributed by atoms with Gasteiger partial charge >= 0.3 is 5.97 Å². The van der Waals surface area contributed by atoms with Crippen LogP contribution in [0.3, 0.4) is 0 Å². The number of para-hydroxylation sites is 2. The number of aromatic nitrogens is 1. The van der Waals surface area contributed by atoms with Gasteiger partial charge in [-0.3, -0.25) is 4.79 Å². The molecule has 1 amide bonds. The maximum Gasteiger partial charge on any atom is 0.339 e. The van der Waals surface area contributed by atoms with Crippen molar-refractivity contribution in [2.45, 2.75) is 5.22 Å². The highest BCUT2D eigenvalue weighted by atomic mass is 35.5. The predicted molar refractivity (Wildman–Crippen MR) is 96.2 cm³/mol. The van der Waals surface area contributed by atoms with E-state index in [1.54, 1.807) is 12.1 Å². The molecule has 0 unspecified atom stereocenters. The molecular formula is C17H13ClN2O4S. The number of halogens is 1. The molecule has 1 aromatic heterocycles. The fourth-order valence-corrected chi connectivity index (χ4v) is 2.94. The molecule has 6 nitrogen and oxygen atoms in total. The summed E-state index contributed by atoms with van der Waals surface area (Å²) in [5.41, 5.74) is 1.91. The zero-order valence-electron chi connectivity index (χ0n) is 13.1. The van der Waals surface area contributed by atoms with Crippen molar-refractivity contribution in [1.29, 1.82) is 0 Å². The molecule has 3 rings (SSSR count). The van der Waals surface area contributed by atoms with Crippen LogP contribution in [0.25, 0.3) is 11.1 Å². The summed E-state index contributed by atoms with van der Waals surface area (Å²) >= 11 is 7.09. The fourth-order valence-electron chi connectivity index (χ4n) is 2.13. The average molecular weight is 377 g/mol. The molecule has 0 fully saturated rings. The Labute approximate surface area is 152 Å². The number of nitrogens with one attached hydrogen (secondary N) is 1. The lowest BCUT2D eigenvalue weighted by Gasteiger charge is -2.09. The number of amides is 1. The number of oxazole rings is 1. The molecule has 25 heavy (non-hydrogen) atoms. The molecular weight excluding hydrogens is 364 g/mol. The molecule has 0 saturated carbocycles. The van der Waals surface area contributed by atoms with Crippen molar-refractivity contribution in [1.82, 2.24) is 4.98 Å². The standard InChI is InChI=1S/C17H13ClN2O4S/c1-23-16(22)11-7-6-10(18)8-13(11)19-15(21)9-25-17-20-12-4-2-3-5-14(12)24-17/h2-8H,9H2,1H3,(H,19,21). The van der Waals surface area contributed by atoms with Gasteiger partial charge in [0.25, 0.3) is 5.22 Å². The highest BCUT2D eigenvalue weighted by molar-refractivity contribution is 7.99. The molecule has 3 aromatic rings. The van der Waals surface area contributed by atoms with Crippen LogP contribution in [0.1, 0.15) is 10.4 Å². The van der Waals surface area contributed by atoms with Gasteiger partial charge < -0.3 is 14.5 Å². The van der Waals surface area contributed by atoms with E-state index in [-0.39, 0.29) is 17.2 Å². The Morgan fingerprint density at radius 2 is 2.08 bits per heavy atom. The van der Waals surface area contributed by atoms with Gasteiger partial charge in [-0.25, -0.2) is 9.78 Å². The van der Waals surface area contributed by atoms with Crippen molar-refractivity contribution >= 4 is 52.0 Å². The van der Waals surface area contributed by atoms with Crippen LogP contribution in [0.4, 0.5) is 5.69 Å². The lowest BCUT2D eigenvalue weighted by Crippen LogP contribution is -2.17. The monoisotopic (exact) mass is 376 g/mol. The van der Waals surface area contributed by atoms with Gasteiger partial charge in [0.05, 0.1) is 24.1 Å². The van der Waals surface area contributed by atoms with E-state index >= 15 is 0 Å². The highest BCUT2D eigenvalue weighted by Crippen LogP contribution is 2.25. The van der Waals surface area contributed by atoms with Crippen molar-refractivity contribution in [3.63, 3.8) is 0 Å². The quantitative estimate of drug-likeness (QED) is 0.535. The summed E-state index contributed by atoms with van der Waals surface area (Å²) in [7, 11) is 1.27. The second-order valence-corrected chi connectivity index (χ2v) is 6.33. The molecule has 8 heteroatoms. The number of ether oxygens (including phenoxy) is 1. The van der Waals surface area contributed by atoms with Crippen LogP contribution >= 0.6 is 23.4 Å². The molecule has 0 spiro atoms. The lowest BCUT2D eigenvalue weighted by atomic mass is 10.2. The number of rotatable bonds is 5. The van der Waals surface area contributed by atoms with Gasteiger partial charge in [-0.1, -0.05) is 35.5 Å². The second-order valence-electron chi connectivity index (χ2n) is 4.97. The number of methoxy groups -OCH3 is 1. The van der Waals surface area contributed by atoms with E-state index in [4.69, 9.17) is 20.8 Å². The predicted octanol–water partition coefficient (Wildman–Crippen LogP) is 4.00. The smallest absolute Gasteiger partial charge is 0.339 e. The third kappa shape index (κ3) is 4.12. The minimum Gasteiger partial charge on any atom is -0.465 e. The van der Waals surface area contributed by atoms with Gasteiger partial charge in [-0.2, -0.15) is 0 Å². The maximum absolute atomic E-state index is 12.2. The fraction of sp³-hybridized carbons (Fsp3) is 0.118. The Bertz CT molecular complexity index is 908. The van der Waals surface area contributed by atoms with Crippen molar-refractivity contribution in [2.75, 3.05) is 18.2 Å². The van der Waals surface area contributed by atoms with E-state index in [1.807, 2.05) is 18.2 Å². The molecule has 0 radical (unpaired) electrons. The number of anilines is 1. The molecule has 0 aliphatic heterocycles. The van der Waals surface area contributed by atoms with Gasteiger partial charge in [0.1, 0.15) is 5.52 Å². The second kappa shape index (κ2) is 7.58. The van der Waals surface area contributed by atoms with Crippen LogP contribution in [0, 0.1) is 0 Å². The van der Waals surface area contributed by atoms with Crippen molar-refractivity contribution in [2.24, 2.45) is 0 Å². The summed E-state index contributed by atoms with van der Waals surface area (Å²) in [4.78, 5) is 28.2. The number of hydrogen-bond acceptors (Lipinski definition) is 6. The number of carbonyl (C=O) groups excluding carboxylic acids is 2. The van der Waals surface area contributed by atoms with Crippen molar-refractivity contribution < 1.29 is 18.7 Å². The molecule has 1 heterocycles. The van der Waals surface area contributed by atoms with E-state index in [0.29, 0.717) is 21.5 Å². The number of nitrogens with zero attached hydrogens (tertiary/aromatic N) is 1. The van der Waals surface area contributed by atoms with E-state index < -0.39 is 5.97 Å². The first-order valence-electron chi connectivity index (χ1n) is 7.23. The van der Waals surface area contributed by atoms with Gasteiger partial charge in [0.2, 0.25) is 5.91 Å². The number of benzene rings is 2. The molecule has 2 aromatic carbocycles. The minimum absolute atomic E-state index is 0.0694. The van der Waals surface area contributed by atoms with Crippen LogP contribution < -0.4 is 5.32 Å². The summed E-state index contributed by atoms with van der Waals surface area (Å²) in [5, 5.41) is 3.45. The number of hydrogen-bond donors (Lipinski definition) is 1. The summed E-state index contributed by atoms with van der Waals surface area (Å²) in [5.74, 6) is -0.807. The first-order valence-corrected chi connectivity index (χ1v) is 8.59. The Morgan fingerprint density at radius 3 is 2.84 bits per heavy atom. The lowest BCUT2D eigenvalue weighted by molar-refractivity contribution is -0.113. The van der Waals surface area contributed by atoms with Crippen LogP contribution in [-0.4, -0.2) is 29.7 Å². The van der Waals surface area contributed by atoms with Gasteiger partial charge in [0, 0.05) is 5.02 Å². The van der Waals surface area contributed by atoms with Crippen LogP contribution in [0.15, 0.2) is 52.1 Å². The molecule has 0 bridgehead atoms. The molecule has 1 N–H and O–H groups in total. The van der Waals surface area contributed by atoms with E-state index in [0.717, 1.165) is 17.3 Å². The third-order valence-corrected chi connectivity index (χ3v) is 4.33. The normalized spacial score (nSPS) is 10.6. The Balaban J connectivity index is 1.68. The molecule has 0 aliphatic carbocycles. The van der Waals surface area contributed by atoms with Crippen molar-refractivity contribution in [3.8, 4) is 0 Å².